The Balaban J connectivity index is 1.39. The van der Waals surface area contributed by atoms with Crippen molar-refractivity contribution in [3.05, 3.63) is 23.8 Å². The molecule has 0 aromatic heterocycles. The second-order valence-electron chi connectivity index (χ2n) is 7.06. The normalized spacial score (nSPS) is 27.9. The van der Waals surface area contributed by atoms with Crippen LogP contribution in [-0.2, 0) is 20.7 Å². The van der Waals surface area contributed by atoms with Gasteiger partial charge in [0.05, 0.1) is 24.7 Å². The summed E-state index contributed by atoms with van der Waals surface area (Å²) in [5, 5.41) is 0. The molecule has 0 radical (unpaired) electrons. The first kappa shape index (κ1) is 16.7. The number of carbonyl (C=O) groups is 1. The van der Waals surface area contributed by atoms with Crippen molar-refractivity contribution in [3.63, 3.8) is 0 Å². The molecule has 0 saturated carbocycles. The molecule has 2 saturated heterocycles. The van der Waals surface area contributed by atoms with E-state index < -0.39 is 0 Å². The van der Waals surface area contributed by atoms with Crippen LogP contribution in [0.25, 0.3) is 0 Å². The third-order valence-electron chi connectivity index (χ3n) is 5.26. The van der Waals surface area contributed by atoms with E-state index in [1.807, 2.05) is 30.0 Å². The topological polar surface area (TPSA) is 57.2 Å². The molecule has 3 aliphatic heterocycles. The number of carbonyl (C=O) groups excluding carboxylic acids is 1. The van der Waals surface area contributed by atoms with Crippen LogP contribution in [0.15, 0.2) is 18.2 Å². The molecule has 25 heavy (non-hydrogen) atoms. The van der Waals surface area contributed by atoms with Crippen LogP contribution in [0.3, 0.4) is 0 Å². The summed E-state index contributed by atoms with van der Waals surface area (Å²) in [5.41, 5.74) is 0.733. The van der Waals surface area contributed by atoms with Crippen LogP contribution in [-0.4, -0.2) is 55.6 Å². The summed E-state index contributed by atoms with van der Waals surface area (Å²) >= 11 is 0. The molecule has 0 aliphatic carbocycles. The van der Waals surface area contributed by atoms with E-state index in [-0.39, 0.29) is 24.4 Å². The number of amides is 1. The van der Waals surface area contributed by atoms with Gasteiger partial charge in [-0.25, -0.2) is 0 Å². The van der Waals surface area contributed by atoms with Crippen LogP contribution in [0.2, 0.25) is 0 Å². The van der Waals surface area contributed by atoms with Gasteiger partial charge in [-0.1, -0.05) is 6.07 Å². The number of likely N-dealkylation sites (tertiary alicyclic amines) is 1. The lowest BCUT2D eigenvalue weighted by Gasteiger charge is -2.39. The van der Waals surface area contributed by atoms with E-state index in [0.29, 0.717) is 26.2 Å². The van der Waals surface area contributed by atoms with Crippen LogP contribution in [0.4, 0.5) is 0 Å². The maximum atomic E-state index is 12.8. The summed E-state index contributed by atoms with van der Waals surface area (Å²) in [6.07, 6.45) is 3.40. The highest BCUT2D eigenvalue weighted by Gasteiger charge is 2.44. The van der Waals surface area contributed by atoms with Crippen LogP contribution in [0.5, 0.6) is 11.5 Å². The number of ether oxygens (including phenoxy) is 4. The van der Waals surface area contributed by atoms with Crippen LogP contribution < -0.4 is 9.47 Å². The highest BCUT2D eigenvalue weighted by molar-refractivity contribution is 5.79. The van der Waals surface area contributed by atoms with Gasteiger partial charge in [-0.05, 0) is 37.5 Å². The van der Waals surface area contributed by atoms with Gasteiger partial charge >= 0.3 is 0 Å². The predicted molar refractivity (Wildman–Crippen MR) is 90.8 cm³/mol. The number of nitrogens with zero attached hydrogens (tertiary/aromatic N) is 1. The summed E-state index contributed by atoms with van der Waals surface area (Å²) in [4.78, 5) is 14.7. The number of rotatable bonds is 4. The van der Waals surface area contributed by atoms with E-state index in [0.717, 1.165) is 42.9 Å². The van der Waals surface area contributed by atoms with Crippen molar-refractivity contribution in [2.45, 2.75) is 44.3 Å². The van der Waals surface area contributed by atoms with Crippen molar-refractivity contribution in [3.8, 4) is 11.5 Å². The first-order chi connectivity index (χ1) is 12.2. The zero-order chi connectivity index (χ0) is 17.3. The molecular formula is C19H25NO5. The quantitative estimate of drug-likeness (QED) is 0.835. The van der Waals surface area contributed by atoms with E-state index in [2.05, 4.69) is 0 Å². The standard InChI is InChI=1S/C19H25NO5/c1-2-22-15-10-19(25-11-15)6-3-7-20(12-19)18(21)9-14-4-5-16-17(8-14)24-13-23-16/h4-5,8,15H,2-3,6-7,9-13H2,1H3/t15-,19-/m0/s1. The van der Waals surface area contributed by atoms with E-state index in [9.17, 15) is 4.79 Å². The number of hydrogen-bond donors (Lipinski definition) is 0. The maximum Gasteiger partial charge on any atom is 0.231 e. The fourth-order valence-corrected chi connectivity index (χ4v) is 4.08. The van der Waals surface area contributed by atoms with Gasteiger partial charge < -0.3 is 23.8 Å². The Labute approximate surface area is 148 Å². The van der Waals surface area contributed by atoms with Gasteiger partial charge in [0, 0.05) is 26.1 Å². The minimum atomic E-state index is -0.220. The van der Waals surface area contributed by atoms with E-state index in [1.165, 1.54) is 0 Å². The van der Waals surface area contributed by atoms with Crippen molar-refractivity contribution in [1.29, 1.82) is 0 Å². The predicted octanol–water partition coefficient (Wildman–Crippen LogP) is 2.14. The summed E-state index contributed by atoms with van der Waals surface area (Å²) in [7, 11) is 0. The van der Waals surface area contributed by atoms with Crippen molar-refractivity contribution in [1.82, 2.24) is 4.90 Å². The molecule has 3 aliphatic rings. The molecule has 0 bridgehead atoms. The second kappa shape index (κ2) is 6.84. The summed E-state index contributed by atoms with van der Waals surface area (Å²) in [6.45, 7) is 5.06. The van der Waals surface area contributed by atoms with Gasteiger partial charge in [-0.2, -0.15) is 0 Å². The van der Waals surface area contributed by atoms with Crippen molar-refractivity contribution < 1.29 is 23.7 Å². The molecule has 0 N–H and O–H groups in total. The lowest BCUT2D eigenvalue weighted by Crippen LogP contribution is -2.50. The number of hydrogen-bond acceptors (Lipinski definition) is 5. The molecule has 1 aromatic carbocycles. The zero-order valence-corrected chi connectivity index (χ0v) is 14.7. The van der Waals surface area contributed by atoms with E-state index in [4.69, 9.17) is 18.9 Å². The van der Waals surface area contributed by atoms with Crippen LogP contribution in [0.1, 0.15) is 31.7 Å². The van der Waals surface area contributed by atoms with Gasteiger partial charge in [0.15, 0.2) is 11.5 Å². The van der Waals surface area contributed by atoms with E-state index >= 15 is 0 Å². The zero-order valence-electron chi connectivity index (χ0n) is 14.7. The molecule has 1 amide bonds. The second-order valence-corrected chi connectivity index (χ2v) is 7.06. The maximum absolute atomic E-state index is 12.8. The fraction of sp³-hybridized carbons (Fsp3) is 0.632. The van der Waals surface area contributed by atoms with Crippen LogP contribution >= 0.6 is 0 Å². The molecule has 2 fully saturated rings. The highest BCUT2D eigenvalue weighted by Crippen LogP contribution is 2.36. The molecule has 6 heteroatoms. The minimum absolute atomic E-state index is 0.140. The highest BCUT2D eigenvalue weighted by atomic mass is 16.7. The molecule has 1 spiro atoms. The van der Waals surface area contributed by atoms with Crippen molar-refractivity contribution in [2.24, 2.45) is 0 Å². The van der Waals surface area contributed by atoms with Gasteiger partial charge in [0.1, 0.15) is 0 Å². The molecule has 136 valence electrons. The molecule has 6 nitrogen and oxygen atoms in total. The molecule has 0 unspecified atom stereocenters. The Morgan fingerprint density at radius 3 is 3.12 bits per heavy atom. The Hall–Kier alpha value is -1.79. The van der Waals surface area contributed by atoms with Gasteiger partial charge in [-0.3, -0.25) is 4.79 Å². The number of piperidine rings is 1. The van der Waals surface area contributed by atoms with E-state index in [1.54, 1.807) is 0 Å². The van der Waals surface area contributed by atoms with Crippen molar-refractivity contribution in [2.75, 3.05) is 33.1 Å². The summed E-state index contributed by atoms with van der Waals surface area (Å²) in [6, 6.07) is 5.70. The first-order valence-electron chi connectivity index (χ1n) is 9.09. The third-order valence-corrected chi connectivity index (χ3v) is 5.26. The summed E-state index contributed by atoms with van der Waals surface area (Å²) < 4.78 is 22.5. The third kappa shape index (κ3) is 3.46. The Bertz CT molecular complexity index is 649. The Morgan fingerprint density at radius 1 is 1.36 bits per heavy atom. The molecular weight excluding hydrogens is 322 g/mol. The molecule has 2 atom stereocenters. The van der Waals surface area contributed by atoms with Gasteiger partial charge in [0.25, 0.3) is 0 Å². The van der Waals surface area contributed by atoms with Gasteiger partial charge in [0.2, 0.25) is 12.7 Å². The monoisotopic (exact) mass is 347 g/mol. The van der Waals surface area contributed by atoms with Crippen LogP contribution in [0, 0.1) is 0 Å². The molecule has 3 heterocycles. The average Bonchev–Trinajstić information content (AvgIpc) is 3.22. The fourth-order valence-electron chi connectivity index (χ4n) is 4.08. The minimum Gasteiger partial charge on any atom is -0.454 e. The average molecular weight is 347 g/mol. The molecule has 1 aromatic rings. The van der Waals surface area contributed by atoms with Gasteiger partial charge in [-0.15, -0.1) is 0 Å². The van der Waals surface area contributed by atoms with Crippen molar-refractivity contribution >= 4 is 5.91 Å². The Morgan fingerprint density at radius 2 is 2.24 bits per heavy atom. The Kier molecular flexibility index (Phi) is 4.56. The lowest BCUT2D eigenvalue weighted by molar-refractivity contribution is -0.138. The largest absolute Gasteiger partial charge is 0.454 e. The lowest BCUT2D eigenvalue weighted by atomic mass is 9.89. The SMILES string of the molecule is CCO[C@@H]1CO[C@@]2(CCCN(C(=O)Cc3ccc4c(c3)OCO4)C2)C1. The number of benzene rings is 1. The molecule has 4 rings (SSSR count). The smallest absolute Gasteiger partial charge is 0.231 e. The number of fused-ring (bicyclic) bond motifs is 1. The summed E-state index contributed by atoms with van der Waals surface area (Å²) in [5.74, 6) is 1.61. The first-order valence-corrected chi connectivity index (χ1v) is 9.09.